The Bertz CT molecular complexity index is 689. The van der Waals surface area contributed by atoms with Gasteiger partial charge in [0.15, 0.2) is 0 Å². The van der Waals surface area contributed by atoms with Gasteiger partial charge in [-0.2, -0.15) is 0 Å². The number of carbonyl (C=O) groups is 1. The molecule has 1 aromatic carbocycles. The van der Waals surface area contributed by atoms with Gasteiger partial charge in [0.1, 0.15) is 5.60 Å². The first-order chi connectivity index (χ1) is 10.1. The molecule has 4 heteroatoms. The Kier molecular flexibility index (Phi) is 3.49. The number of hydrogen-bond acceptors (Lipinski definition) is 3. The van der Waals surface area contributed by atoms with Crippen LogP contribution in [0.4, 0.5) is 0 Å². The van der Waals surface area contributed by atoms with Crippen LogP contribution in [-0.4, -0.2) is 17.6 Å². The highest BCUT2D eigenvalue weighted by Gasteiger charge is 2.39. The Morgan fingerprint density at radius 2 is 2.24 bits per heavy atom. The number of carbonyl (C=O) groups excluding carboxylic acids is 1. The minimum Gasteiger partial charge on any atom is -0.550 e. The minimum absolute atomic E-state index is 0.106. The Hall–Kier alpha value is -1.81. The summed E-state index contributed by atoms with van der Waals surface area (Å²) >= 11 is 0. The van der Waals surface area contributed by atoms with Gasteiger partial charge in [-0.3, -0.25) is 0 Å². The van der Waals surface area contributed by atoms with Gasteiger partial charge in [-0.1, -0.05) is 32.0 Å². The summed E-state index contributed by atoms with van der Waals surface area (Å²) in [5.74, 6) is -1.07. The molecule has 2 heterocycles. The molecule has 0 saturated carbocycles. The zero-order valence-electron chi connectivity index (χ0n) is 12.5. The first-order valence-corrected chi connectivity index (χ1v) is 7.58. The van der Waals surface area contributed by atoms with Crippen molar-refractivity contribution in [3.05, 3.63) is 35.0 Å². The predicted molar refractivity (Wildman–Crippen MR) is 78.9 cm³/mol. The lowest BCUT2D eigenvalue weighted by molar-refractivity contribution is -0.311. The summed E-state index contributed by atoms with van der Waals surface area (Å²) in [6.45, 7) is 4.64. The highest BCUT2D eigenvalue weighted by Crippen LogP contribution is 2.41. The lowest BCUT2D eigenvalue weighted by Gasteiger charge is -2.37. The number of carboxylic acid groups (broad SMARTS) is 1. The Morgan fingerprint density at radius 3 is 2.90 bits per heavy atom. The highest BCUT2D eigenvalue weighted by atomic mass is 16.5. The largest absolute Gasteiger partial charge is 0.550 e. The number of benzene rings is 1. The van der Waals surface area contributed by atoms with Crippen LogP contribution in [0.2, 0.25) is 0 Å². The smallest absolute Gasteiger partial charge is 0.113 e. The van der Waals surface area contributed by atoms with E-state index in [1.807, 2.05) is 6.92 Å². The van der Waals surface area contributed by atoms with Crippen LogP contribution in [0.3, 0.4) is 0 Å². The molecule has 0 fully saturated rings. The maximum absolute atomic E-state index is 11.2. The highest BCUT2D eigenvalue weighted by molar-refractivity contribution is 5.88. The van der Waals surface area contributed by atoms with Crippen LogP contribution >= 0.6 is 0 Å². The Morgan fingerprint density at radius 1 is 1.43 bits per heavy atom. The van der Waals surface area contributed by atoms with Crippen LogP contribution in [0.15, 0.2) is 18.2 Å². The van der Waals surface area contributed by atoms with Gasteiger partial charge in [-0.15, -0.1) is 0 Å². The van der Waals surface area contributed by atoms with E-state index in [0.29, 0.717) is 13.0 Å². The molecule has 0 aliphatic carbocycles. The van der Waals surface area contributed by atoms with Crippen LogP contribution in [-0.2, 0) is 28.0 Å². The van der Waals surface area contributed by atoms with E-state index in [9.17, 15) is 9.90 Å². The zero-order chi connectivity index (χ0) is 15.0. The van der Waals surface area contributed by atoms with E-state index >= 15 is 0 Å². The number of carboxylic acids is 1. The molecular weight excluding hydrogens is 266 g/mol. The number of aliphatic carboxylic acids is 1. The van der Waals surface area contributed by atoms with Crippen molar-refractivity contribution in [1.29, 1.82) is 0 Å². The van der Waals surface area contributed by atoms with Gasteiger partial charge in [0.05, 0.1) is 12.3 Å². The summed E-state index contributed by atoms with van der Waals surface area (Å²) in [5.41, 5.74) is 3.72. The normalized spacial score (nSPS) is 21.4. The number of rotatable bonds is 4. The molecule has 1 aliphatic heterocycles. The molecule has 1 atom stereocenters. The number of aromatic amines is 1. The van der Waals surface area contributed by atoms with Gasteiger partial charge >= 0.3 is 0 Å². The number of hydrogen-bond donors (Lipinski definition) is 1. The van der Waals surface area contributed by atoms with Crippen molar-refractivity contribution in [1.82, 2.24) is 4.98 Å². The monoisotopic (exact) mass is 286 g/mol. The van der Waals surface area contributed by atoms with Crippen LogP contribution in [0.5, 0.6) is 0 Å². The van der Waals surface area contributed by atoms with E-state index in [1.165, 1.54) is 16.5 Å². The Labute approximate surface area is 124 Å². The zero-order valence-corrected chi connectivity index (χ0v) is 12.5. The molecule has 1 aromatic heterocycles. The van der Waals surface area contributed by atoms with Gasteiger partial charge < -0.3 is 19.6 Å². The summed E-state index contributed by atoms with van der Waals surface area (Å²) in [7, 11) is 0. The third-order valence-corrected chi connectivity index (χ3v) is 4.60. The van der Waals surface area contributed by atoms with Crippen molar-refractivity contribution in [2.45, 2.75) is 45.1 Å². The summed E-state index contributed by atoms with van der Waals surface area (Å²) < 4.78 is 5.90. The van der Waals surface area contributed by atoms with Crippen molar-refractivity contribution in [2.75, 3.05) is 6.61 Å². The van der Waals surface area contributed by atoms with Gasteiger partial charge in [-0.25, -0.2) is 0 Å². The fourth-order valence-electron chi connectivity index (χ4n) is 3.47. The summed E-state index contributed by atoms with van der Waals surface area (Å²) in [4.78, 5) is 14.6. The average Bonchev–Trinajstić information content (AvgIpc) is 2.87. The van der Waals surface area contributed by atoms with Crippen LogP contribution < -0.4 is 5.11 Å². The molecule has 0 saturated heterocycles. The number of nitrogens with one attached hydrogen (secondary N) is 1. The summed E-state index contributed by atoms with van der Waals surface area (Å²) in [5, 5.41) is 12.4. The van der Waals surface area contributed by atoms with Crippen molar-refractivity contribution in [3.63, 3.8) is 0 Å². The van der Waals surface area contributed by atoms with Crippen molar-refractivity contribution >= 4 is 16.9 Å². The molecule has 2 aromatic rings. The van der Waals surface area contributed by atoms with Crippen molar-refractivity contribution in [3.8, 4) is 0 Å². The van der Waals surface area contributed by atoms with Gasteiger partial charge in [0.2, 0.25) is 0 Å². The fourth-order valence-corrected chi connectivity index (χ4v) is 3.47. The second-order valence-electron chi connectivity index (χ2n) is 5.67. The first-order valence-electron chi connectivity index (χ1n) is 7.58. The number of aryl methyl sites for hydroxylation is 1. The lowest BCUT2D eigenvalue weighted by atomic mass is 9.86. The second kappa shape index (κ2) is 5.19. The number of para-hydroxylation sites is 1. The van der Waals surface area contributed by atoms with Gasteiger partial charge in [0, 0.05) is 23.3 Å². The minimum atomic E-state index is -1.07. The molecule has 1 N–H and O–H groups in total. The van der Waals surface area contributed by atoms with E-state index < -0.39 is 11.6 Å². The predicted octanol–water partition coefficient (Wildman–Crippen LogP) is 2.05. The topological polar surface area (TPSA) is 65.2 Å². The van der Waals surface area contributed by atoms with Crippen LogP contribution in [0, 0.1) is 0 Å². The van der Waals surface area contributed by atoms with Crippen molar-refractivity contribution in [2.24, 2.45) is 0 Å². The van der Waals surface area contributed by atoms with Crippen LogP contribution in [0.1, 0.15) is 43.5 Å². The van der Waals surface area contributed by atoms with Gasteiger partial charge in [0.25, 0.3) is 0 Å². The van der Waals surface area contributed by atoms with E-state index in [4.69, 9.17) is 4.74 Å². The molecule has 112 valence electrons. The van der Waals surface area contributed by atoms with Crippen molar-refractivity contribution < 1.29 is 14.6 Å². The summed E-state index contributed by atoms with van der Waals surface area (Å²) in [6.07, 6.45) is 2.27. The number of fused-ring (bicyclic) bond motifs is 3. The van der Waals surface area contributed by atoms with Gasteiger partial charge in [-0.05, 0) is 30.4 Å². The summed E-state index contributed by atoms with van der Waals surface area (Å²) in [6, 6.07) is 6.28. The molecule has 21 heavy (non-hydrogen) atoms. The molecule has 1 aliphatic rings. The molecular formula is C17H20NO3-. The van der Waals surface area contributed by atoms with E-state index in [-0.39, 0.29) is 6.42 Å². The average molecular weight is 286 g/mol. The van der Waals surface area contributed by atoms with E-state index in [2.05, 4.69) is 30.1 Å². The molecule has 0 radical (unpaired) electrons. The van der Waals surface area contributed by atoms with E-state index in [0.717, 1.165) is 24.1 Å². The maximum atomic E-state index is 11.2. The molecule has 0 unspecified atom stereocenters. The van der Waals surface area contributed by atoms with E-state index in [1.54, 1.807) is 0 Å². The molecule has 0 bridgehead atoms. The lowest BCUT2D eigenvalue weighted by Crippen LogP contribution is -2.41. The molecule has 0 amide bonds. The number of ether oxygens (including phenoxy) is 1. The molecule has 0 spiro atoms. The third kappa shape index (κ3) is 2.14. The number of H-pyrrole nitrogens is 1. The molecule has 3 rings (SSSR count). The Balaban J connectivity index is 2.24. The fraction of sp³-hybridized carbons (Fsp3) is 0.471. The number of aromatic nitrogens is 1. The third-order valence-electron chi connectivity index (χ3n) is 4.60. The maximum Gasteiger partial charge on any atom is 0.113 e. The molecule has 4 nitrogen and oxygen atoms in total. The quantitative estimate of drug-likeness (QED) is 0.935. The standard InChI is InChI=1S/C17H21NO3/c1-3-11-6-5-7-12-13-8-9-21-17(4-2,10-14(19)20)16(13)18-15(11)12/h5-7,18H,3-4,8-10H2,1-2H3,(H,19,20)/p-1/t17-/m1/s1. The second-order valence-corrected chi connectivity index (χ2v) is 5.67. The SMILES string of the molecule is CCc1cccc2c3c([nH]c12)[C@@](CC)(CC(=O)[O-])OCC3. The first kappa shape index (κ1) is 14.1. The van der Waals surface area contributed by atoms with Crippen LogP contribution in [0.25, 0.3) is 10.9 Å².